The summed E-state index contributed by atoms with van der Waals surface area (Å²) in [6.45, 7) is -6.30. The highest BCUT2D eigenvalue weighted by Gasteiger charge is 2.12. The van der Waals surface area contributed by atoms with Gasteiger partial charge in [-0.25, -0.2) is 0 Å². The Labute approximate surface area is 144 Å². The molecule has 0 atom stereocenters. The molecular weight excluding hydrogens is 360 g/mol. The van der Waals surface area contributed by atoms with E-state index in [1.165, 1.54) is 30.3 Å². The second kappa shape index (κ2) is 8.70. The standard InChI is InChI=1S/C16H12F4N2O4/c17-15(18)25-12-5-4-10(13(7-12)26-16(19)20)8-21-22-11-3-1-2-9(6-11)14(23)24/h1-8,15-16,22H,(H,23,24)/p-1/b21-8-. The van der Waals surface area contributed by atoms with Crippen LogP contribution < -0.4 is 20.0 Å². The van der Waals surface area contributed by atoms with Crippen LogP contribution in [0.3, 0.4) is 0 Å². The summed E-state index contributed by atoms with van der Waals surface area (Å²) < 4.78 is 57.7. The van der Waals surface area contributed by atoms with E-state index in [1.807, 2.05) is 0 Å². The van der Waals surface area contributed by atoms with Crippen molar-refractivity contribution in [2.24, 2.45) is 5.10 Å². The largest absolute Gasteiger partial charge is 0.545 e. The number of benzene rings is 2. The van der Waals surface area contributed by atoms with E-state index in [4.69, 9.17) is 0 Å². The molecule has 0 amide bonds. The van der Waals surface area contributed by atoms with E-state index in [1.54, 1.807) is 0 Å². The van der Waals surface area contributed by atoms with Crippen LogP contribution in [0.5, 0.6) is 11.5 Å². The maximum Gasteiger partial charge on any atom is 0.387 e. The van der Waals surface area contributed by atoms with E-state index in [0.29, 0.717) is 5.69 Å². The summed E-state index contributed by atoms with van der Waals surface area (Å²) in [6, 6.07) is 8.73. The van der Waals surface area contributed by atoms with Crippen LogP contribution in [-0.4, -0.2) is 25.4 Å². The summed E-state index contributed by atoms with van der Waals surface area (Å²) in [6.07, 6.45) is 1.09. The fraction of sp³-hybridized carbons (Fsp3) is 0.125. The van der Waals surface area contributed by atoms with Crippen LogP contribution in [-0.2, 0) is 0 Å². The van der Waals surface area contributed by atoms with Crippen molar-refractivity contribution in [3.8, 4) is 11.5 Å². The molecule has 0 aliphatic heterocycles. The minimum Gasteiger partial charge on any atom is -0.545 e. The quantitative estimate of drug-likeness (QED) is 0.438. The third-order valence-electron chi connectivity index (χ3n) is 2.92. The predicted molar refractivity (Wildman–Crippen MR) is 81.7 cm³/mol. The molecule has 0 aromatic heterocycles. The van der Waals surface area contributed by atoms with Gasteiger partial charge in [-0.1, -0.05) is 12.1 Å². The Hall–Kier alpha value is -3.30. The number of alkyl halides is 4. The van der Waals surface area contributed by atoms with E-state index >= 15 is 0 Å². The molecule has 2 aromatic rings. The Balaban J connectivity index is 2.17. The zero-order chi connectivity index (χ0) is 19.1. The van der Waals surface area contributed by atoms with Gasteiger partial charge in [0.2, 0.25) is 0 Å². The zero-order valence-electron chi connectivity index (χ0n) is 12.9. The van der Waals surface area contributed by atoms with E-state index in [-0.39, 0.29) is 16.9 Å². The lowest BCUT2D eigenvalue weighted by molar-refractivity contribution is -0.255. The molecule has 0 saturated heterocycles. The number of aromatic carboxylic acids is 1. The van der Waals surface area contributed by atoms with Gasteiger partial charge in [0.15, 0.2) is 0 Å². The van der Waals surface area contributed by atoms with Crippen LogP contribution in [0.25, 0.3) is 0 Å². The Morgan fingerprint density at radius 1 is 1.08 bits per heavy atom. The van der Waals surface area contributed by atoms with Gasteiger partial charge >= 0.3 is 13.2 Å². The number of carboxylic acids is 1. The summed E-state index contributed by atoms with van der Waals surface area (Å²) in [5, 5.41) is 14.5. The highest BCUT2D eigenvalue weighted by Crippen LogP contribution is 2.26. The highest BCUT2D eigenvalue weighted by molar-refractivity contribution is 5.87. The molecule has 1 N–H and O–H groups in total. The van der Waals surface area contributed by atoms with Crippen molar-refractivity contribution in [1.29, 1.82) is 0 Å². The van der Waals surface area contributed by atoms with Gasteiger partial charge in [-0.2, -0.15) is 22.7 Å². The average Bonchev–Trinajstić information content (AvgIpc) is 2.56. The fourth-order valence-corrected chi connectivity index (χ4v) is 1.89. The van der Waals surface area contributed by atoms with Gasteiger partial charge in [-0.05, 0) is 29.8 Å². The highest BCUT2D eigenvalue weighted by atomic mass is 19.3. The Morgan fingerprint density at radius 2 is 1.81 bits per heavy atom. The Bertz CT molecular complexity index is 800. The first-order valence-electron chi connectivity index (χ1n) is 6.99. The van der Waals surface area contributed by atoms with Gasteiger partial charge in [0, 0.05) is 11.6 Å². The summed E-state index contributed by atoms with van der Waals surface area (Å²) >= 11 is 0. The van der Waals surface area contributed by atoms with Crippen molar-refractivity contribution in [3.05, 3.63) is 53.6 Å². The molecule has 10 heteroatoms. The van der Waals surface area contributed by atoms with E-state index in [2.05, 4.69) is 20.0 Å². The summed E-state index contributed by atoms with van der Waals surface area (Å²) in [5.74, 6) is -2.16. The molecular formula is C16H11F4N2O4-. The van der Waals surface area contributed by atoms with Gasteiger partial charge in [-0.15, -0.1) is 0 Å². The van der Waals surface area contributed by atoms with Crippen molar-refractivity contribution in [2.75, 3.05) is 5.43 Å². The van der Waals surface area contributed by atoms with Crippen molar-refractivity contribution >= 4 is 17.9 Å². The molecule has 0 saturated carbocycles. The minimum absolute atomic E-state index is 0.0514. The number of rotatable bonds is 8. The van der Waals surface area contributed by atoms with Gasteiger partial charge in [0.05, 0.1) is 17.9 Å². The zero-order valence-corrected chi connectivity index (χ0v) is 12.9. The number of hydrogen-bond donors (Lipinski definition) is 1. The normalized spacial score (nSPS) is 11.2. The predicted octanol–water partition coefficient (Wildman–Crippen LogP) is 2.70. The Morgan fingerprint density at radius 3 is 2.46 bits per heavy atom. The van der Waals surface area contributed by atoms with Crippen LogP contribution in [0, 0.1) is 0 Å². The summed E-state index contributed by atoms with van der Waals surface area (Å²) in [5.41, 5.74) is 2.77. The number of hydrogen-bond acceptors (Lipinski definition) is 6. The van der Waals surface area contributed by atoms with Gasteiger partial charge in [-0.3, -0.25) is 5.43 Å². The first-order valence-corrected chi connectivity index (χ1v) is 6.99. The van der Waals surface area contributed by atoms with Crippen LogP contribution in [0.15, 0.2) is 47.6 Å². The molecule has 0 radical (unpaired) electrons. The number of nitrogens with one attached hydrogen (secondary N) is 1. The number of nitrogens with zero attached hydrogens (tertiary/aromatic N) is 1. The van der Waals surface area contributed by atoms with Gasteiger partial charge in [0.25, 0.3) is 0 Å². The fourth-order valence-electron chi connectivity index (χ4n) is 1.89. The SMILES string of the molecule is O=C([O-])c1cccc(N/N=C\c2ccc(OC(F)F)cc2OC(F)F)c1. The van der Waals surface area contributed by atoms with Crippen molar-refractivity contribution in [3.63, 3.8) is 0 Å². The maximum absolute atomic E-state index is 12.5. The molecule has 0 spiro atoms. The summed E-state index contributed by atoms with van der Waals surface area (Å²) in [4.78, 5) is 10.8. The van der Waals surface area contributed by atoms with Crippen LogP contribution in [0.1, 0.15) is 15.9 Å². The number of ether oxygens (including phenoxy) is 2. The van der Waals surface area contributed by atoms with Gasteiger partial charge < -0.3 is 19.4 Å². The molecule has 0 aliphatic carbocycles. The lowest BCUT2D eigenvalue weighted by atomic mass is 10.2. The molecule has 0 aliphatic rings. The van der Waals surface area contributed by atoms with Crippen molar-refractivity contribution in [1.82, 2.24) is 0 Å². The molecule has 138 valence electrons. The topological polar surface area (TPSA) is 83.0 Å². The lowest BCUT2D eigenvalue weighted by Gasteiger charge is -2.11. The third-order valence-corrected chi connectivity index (χ3v) is 2.92. The first kappa shape index (κ1) is 19.0. The number of carbonyl (C=O) groups is 1. The van der Waals surface area contributed by atoms with Gasteiger partial charge in [0.1, 0.15) is 11.5 Å². The van der Waals surface area contributed by atoms with Crippen LogP contribution in [0.4, 0.5) is 23.2 Å². The van der Waals surface area contributed by atoms with Crippen LogP contribution in [0.2, 0.25) is 0 Å². The molecule has 0 heterocycles. The maximum atomic E-state index is 12.5. The molecule has 0 bridgehead atoms. The second-order valence-electron chi connectivity index (χ2n) is 4.69. The number of hydrazone groups is 1. The monoisotopic (exact) mass is 371 g/mol. The molecule has 0 fully saturated rings. The number of anilines is 1. The van der Waals surface area contributed by atoms with Crippen LogP contribution >= 0.6 is 0 Å². The molecule has 2 aromatic carbocycles. The molecule has 2 rings (SSSR count). The molecule has 26 heavy (non-hydrogen) atoms. The minimum atomic E-state index is -3.18. The third kappa shape index (κ3) is 5.65. The Kier molecular flexibility index (Phi) is 6.36. The number of carboxylic acid groups (broad SMARTS) is 1. The first-order chi connectivity index (χ1) is 12.3. The lowest BCUT2D eigenvalue weighted by Crippen LogP contribution is -2.22. The second-order valence-corrected chi connectivity index (χ2v) is 4.69. The smallest absolute Gasteiger partial charge is 0.387 e. The summed E-state index contributed by atoms with van der Waals surface area (Å²) in [7, 11) is 0. The average molecular weight is 371 g/mol. The number of halogens is 4. The number of carbonyl (C=O) groups excluding carboxylic acids is 1. The van der Waals surface area contributed by atoms with E-state index in [0.717, 1.165) is 18.3 Å². The van der Waals surface area contributed by atoms with Crippen molar-refractivity contribution in [2.45, 2.75) is 13.2 Å². The van der Waals surface area contributed by atoms with E-state index in [9.17, 15) is 27.5 Å². The van der Waals surface area contributed by atoms with E-state index < -0.39 is 24.9 Å². The molecule has 6 nitrogen and oxygen atoms in total. The molecule has 0 unspecified atom stereocenters. The van der Waals surface area contributed by atoms with Crippen molar-refractivity contribution < 1.29 is 36.9 Å².